The number of nitrogens with zero attached hydrogens (tertiary/aromatic N) is 1. The van der Waals surface area contributed by atoms with Crippen molar-refractivity contribution in [2.24, 2.45) is 0 Å². The zero-order chi connectivity index (χ0) is 31.1. The minimum atomic E-state index is -2.93. The lowest BCUT2D eigenvalue weighted by Crippen LogP contribution is -2.70. The number of carbonyl (C=O) groups excluding carboxylic acids is 1. The second-order valence-electron chi connectivity index (χ2n) is 13.1. The Morgan fingerprint density at radius 3 is 1.91 bits per heavy atom. The molecule has 1 fully saturated rings. The maximum atomic E-state index is 12.7. The average molecular weight is 604 g/mol. The first-order chi connectivity index (χ1) is 20.4. The van der Waals surface area contributed by atoms with E-state index in [0.29, 0.717) is 26.2 Å². The highest BCUT2D eigenvalue weighted by molar-refractivity contribution is 6.99. The maximum absolute atomic E-state index is 12.7. The van der Waals surface area contributed by atoms with Gasteiger partial charge in [0.25, 0.3) is 8.32 Å². The Morgan fingerprint density at radius 1 is 0.930 bits per heavy atom. The van der Waals surface area contributed by atoms with Crippen molar-refractivity contribution in [3.05, 3.63) is 96.6 Å². The number of carbonyl (C=O) groups is 1. The van der Waals surface area contributed by atoms with Gasteiger partial charge in [0.1, 0.15) is 11.6 Å². The summed E-state index contributed by atoms with van der Waals surface area (Å²) in [4.78, 5) is 18.9. The van der Waals surface area contributed by atoms with E-state index in [1.54, 1.807) is 0 Å². The predicted molar refractivity (Wildman–Crippen MR) is 174 cm³/mol. The Balaban J connectivity index is 1.91. The van der Waals surface area contributed by atoms with Crippen LogP contribution >= 0.6 is 0 Å². The molecule has 0 unspecified atom stereocenters. The molecule has 0 aliphatic carbocycles. The van der Waals surface area contributed by atoms with Crippen LogP contribution in [0.15, 0.2) is 91.0 Å². The summed E-state index contributed by atoms with van der Waals surface area (Å²) in [6.07, 6.45) is 2.18. The van der Waals surface area contributed by atoms with Gasteiger partial charge in [-0.3, -0.25) is 4.79 Å². The van der Waals surface area contributed by atoms with Crippen molar-refractivity contribution in [1.29, 1.82) is 0 Å². The largest absolute Gasteiger partial charge is 0.405 e. The van der Waals surface area contributed by atoms with Gasteiger partial charge in [-0.2, -0.15) is 0 Å². The molecule has 4 rings (SSSR count). The van der Waals surface area contributed by atoms with E-state index in [2.05, 4.69) is 100 Å². The summed E-state index contributed by atoms with van der Waals surface area (Å²) >= 11 is 0. The van der Waals surface area contributed by atoms with Gasteiger partial charge in [0.2, 0.25) is 0 Å². The van der Waals surface area contributed by atoms with Crippen LogP contribution in [0.5, 0.6) is 0 Å². The van der Waals surface area contributed by atoms with E-state index in [1.807, 2.05) is 37.1 Å². The summed E-state index contributed by atoms with van der Waals surface area (Å²) in [5, 5.41) is 4.02. The Hall–Kier alpha value is -2.81. The molecule has 3 aromatic rings. The zero-order valence-corrected chi connectivity index (χ0v) is 28.0. The molecule has 7 heteroatoms. The van der Waals surface area contributed by atoms with E-state index in [9.17, 15) is 4.79 Å². The Bertz CT molecular complexity index is 1260. The van der Waals surface area contributed by atoms with E-state index < -0.39 is 25.7 Å². The monoisotopic (exact) mass is 603 g/mol. The number of hydrogen-bond acceptors (Lipinski definition) is 6. The third kappa shape index (κ3) is 7.47. The summed E-state index contributed by atoms with van der Waals surface area (Å²) in [6, 6.07) is 31.4. The average Bonchev–Trinajstić information content (AvgIpc) is 3.35. The van der Waals surface area contributed by atoms with E-state index >= 15 is 0 Å². The molecule has 0 amide bonds. The summed E-state index contributed by atoms with van der Waals surface area (Å²) in [5.41, 5.74) is 0.214. The maximum Gasteiger partial charge on any atom is 0.322 e. The molecule has 1 aliphatic rings. The van der Waals surface area contributed by atoms with Gasteiger partial charge in [-0.25, -0.2) is 0 Å². The van der Waals surface area contributed by atoms with Crippen LogP contribution in [0.4, 0.5) is 0 Å². The SMILES string of the molecule is CCCC[C@@](CO[Si](c1ccccc1)(c1ccccc1)C(C)(C)C)([C@@H]1COC(C)(C)O1)N(Cc1ccccc1)OC(C)=O. The van der Waals surface area contributed by atoms with Gasteiger partial charge in [-0.1, -0.05) is 132 Å². The molecule has 1 saturated heterocycles. The summed E-state index contributed by atoms with van der Waals surface area (Å²) < 4.78 is 20.4. The lowest BCUT2D eigenvalue weighted by Gasteiger charge is -2.49. The van der Waals surface area contributed by atoms with E-state index in [-0.39, 0.29) is 11.0 Å². The number of ether oxygens (including phenoxy) is 2. The fourth-order valence-electron chi connectivity index (χ4n) is 6.30. The van der Waals surface area contributed by atoms with Crippen LogP contribution in [0.1, 0.15) is 73.3 Å². The van der Waals surface area contributed by atoms with Crippen molar-refractivity contribution in [1.82, 2.24) is 5.06 Å². The summed E-state index contributed by atoms with van der Waals surface area (Å²) in [7, 11) is -2.93. The van der Waals surface area contributed by atoms with E-state index in [0.717, 1.165) is 18.4 Å². The standard InChI is InChI=1S/C36H49NO5Si/c1-8-9-25-36(33-27-39-35(6,7)41-33,37(42-29(2)38)26-30-19-13-10-14-20-30)28-40-43(34(3,4)5,31-21-15-11-16-22-31)32-23-17-12-18-24-32/h10-24,33H,8-9,25-28H2,1-7H3/t33-,36+/m0/s1. The van der Waals surface area contributed by atoms with Gasteiger partial charge >= 0.3 is 5.97 Å². The Kier molecular flexibility index (Phi) is 10.7. The molecule has 1 aliphatic heterocycles. The van der Waals surface area contributed by atoms with Crippen molar-refractivity contribution in [3.63, 3.8) is 0 Å². The number of hydroxylamine groups is 2. The molecule has 1 heterocycles. The van der Waals surface area contributed by atoms with Gasteiger partial charge in [0.15, 0.2) is 5.79 Å². The fourth-order valence-corrected chi connectivity index (χ4v) is 10.9. The topological polar surface area (TPSA) is 57.2 Å². The zero-order valence-electron chi connectivity index (χ0n) is 27.0. The van der Waals surface area contributed by atoms with Crippen LogP contribution in [0.3, 0.4) is 0 Å². The molecule has 0 N–H and O–H groups in total. The number of rotatable bonds is 13. The smallest absolute Gasteiger partial charge is 0.322 e. The van der Waals surface area contributed by atoms with Crippen LogP contribution in [0.25, 0.3) is 0 Å². The molecule has 0 saturated carbocycles. The van der Waals surface area contributed by atoms with Crippen LogP contribution in [-0.2, 0) is 30.1 Å². The molecular weight excluding hydrogens is 554 g/mol. The number of unbranched alkanes of at least 4 members (excludes halogenated alkanes) is 1. The van der Waals surface area contributed by atoms with Gasteiger partial charge in [-0.15, -0.1) is 5.06 Å². The molecule has 0 aromatic heterocycles. The minimum absolute atomic E-state index is 0.218. The van der Waals surface area contributed by atoms with Crippen LogP contribution in [0.2, 0.25) is 5.04 Å². The number of hydrogen-bond donors (Lipinski definition) is 0. The molecule has 43 heavy (non-hydrogen) atoms. The molecular formula is C36H49NO5Si. The van der Waals surface area contributed by atoms with Gasteiger partial charge < -0.3 is 18.7 Å². The van der Waals surface area contributed by atoms with E-state index in [1.165, 1.54) is 17.3 Å². The first kappa shape index (κ1) is 33.1. The first-order valence-corrected chi connectivity index (χ1v) is 17.4. The number of benzene rings is 3. The van der Waals surface area contributed by atoms with Crippen LogP contribution in [0, 0.1) is 0 Å². The van der Waals surface area contributed by atoms with Crippen LogP contribution < -0.4 is 10.4 Å². The highest BCUT2D eigenvalue weighted by Crippen LogP contribution is 2.42. The van der Waals surface area contributed by atoms with Gasteiger partial charge in [0.05, 0.1) is 19.8 Å². The van der Waals surface area contributed by atoms with Gasteiger partial charge in [0, 0.05) is 6.92 Å². The second kappa shape index (κ2) is 13.9. The third-order valence-electron chi connectivity index (χ3n) is 8.43. The van der Waals surface area contributed by atoms with Crippen molar-refractivity contribution < 1.29 is 23.5 Å². The lowest BCUT2D eigenvalue weighted by atomic mass is 9.86. The van der Waals surface area contributed by atoms with Crippen molar-refractivity contribution in [2.45, 2.75) is 96.7 Å². The van der Waals surface area contributed by atoms with Gasteiger partial charge in [-0.05, 0) is 41.2 Å². The van der Waals surface area contributed by atoms with E-state index in [4.69, 9.17) is 18.7 Å². The molecule has 2 atom stereocenters. The van der Waals surface area contributed by atoms with Crippen molar-refractivity contribution in [3.8, 4) is 0 Å². The molecule has 0 radical (unpaired) electrons. The molecule has 6 nitrogen and oxygen atoms in total. The first-order valence-electron chi connectivity index (χ1n) is 15.5. The molecule has 232 valence electrons. The quantitative estimate of drug-likeness (QED) is 0.162. The van der Waals surface area contributed by atoms with Crippen LogP contribution in [-0.4, -0.2) is 50.0 Å². The molecule has 0 bridgehead atoms. The molecule has 0 spiro atoms. The predicted octanol–water partition coefficient (Wildman–Crippen LogP) is 6.62. The highest BCUT2D eigenvalue weighted by atomic mass is 28.4. The summed E-state index contributed by atoms with van der Waals surface area (Å²) in [6.45, 7) is 15.4. The van der Waals surface area contributed by atoms with Crippen molar-refractivity contribution >= 4 is 24.7 Å². The van der Waals surface area contributed by atoms with Crippen molar-refractivity contribution in [2.75, 3.05) is 13.2 Å². The second-order valence-corrected chi connectivity index (χ2v) is 17.4. The third-order valence-corrected chi connectivity index (χ3v) is 13.4. The minimum Gasteiger partial charge on any atom is -0.405 e. The molecule has 3 aromatic carbocycles. The normalized spacial score (nSPS) is 18.4. The Labute approximate surface area is 259 Å². The fraction of sp³-hybridized carbons (Fsp3) is 0.472. The highest BCUT2D eigenvalue weighted by Gasteiger charge is 2.56. The summed E-state index contributed by atoms with van der Waals surface area (Å²) in [5.74, 6) is -1.14. The Morgan fingerprint density at radius 2 is 1.47 bits per heavy atom. The lowest BCUT2D eigenvalue weighted by molar-refractivity contribution is -0.259.